The molecule has 0 unspecified atom stereocenters. The molecule has 2 aromatic rings. The normalized spacial score (nSPS) is 8.53. The van der Waals surface area contributed by atoms with E-state index in [-0.39, 0.29) is 0 Å². The first-order valence-electron chi connectivity index (χ1n) is 4.20. The zero-order valence-electron chi connectivity index (χ0n) is 7.95. The zero-order chi connectivity index (χ0) is 10.9. The van der Waals surface area contributed by atoms with Crippen LogP contribution in [0.2, 0.25) is 0 Å². The summed E-state index contributed by atoms with van der Waals surface area (Å²) in [4.78, 5) is 21.6. The molecule has 0 saturated carbocycles. The molecule has 0 aromatic carbocycles. The number of aromatic nitrogens is 3. The zero-order valence-corrected chi connectivity index (χ0v) is 7.95. The maximum absolute atomic E-state index is 10.4. The van der Waals surface area contributed by atoms with Crippen molar-refractivity contribution < 1.29 is 4.79 Å². The molecule has 0 spiro atoms. The SMILES string of the molecule is NC(=O)c1ccncc1.c1cnccn1. The van der Waals surface area contributed by atoms with Crippen molar-refractivity contribution >= 4 is 5.91 Å². The van der Waals surface area contributed by atoms with Gasteiger partial charge in [0.1, 0.15) is 0 Å². The highest BCUT2D eigenvalue weighted by Gasteiger charge is 1.94. The van der Waals surface area contributed by atoms with Crippen LogP contribution >= 0.6 is 0 Å². The van der Waals surface area contributed by atoms with E-state index in [1.165, 1.54) is 12.4 Å². The third-order valence-electron chi connectivity index (χ3n) is 1.44. The molecule has 0 aliphatic rings. The summed E-state index contributed by atoms with van der Waals surface area (Å²) >= 11 is 0. The summed E-state index contributed by atoms with van der Waals surface area (Å²) in [5, 5.41) is 0. The Labute approximate surface area is 87.0 Å². The van der Waals surface area contributed by atoms with E-state index < -0.39 is 5.91 Å². The van der Waals surface area contributed by atoms with Crippen LogP contribution in [-0.4, -0.2) is 20.9 Å². The van der Waals surface area contributed by atoms with E-state index in [2.05, 4.69) is 15.0 Å². The van der Waals surface area contributed by atoms with Crippen LogP contribution < -0.4 is 5.73 Å². The number of rotatable bonds is 1. The van der Waals surface area contributed by atoms with Gasteiger partial charge in [-0.1, -0.05) is 0 Å². The largest absolute Gasteiger partial charge is 0.366 e. The minimum atomic E-state index is -0.419. The number of hydrogen-bond acceptors (Lipinski definition) is 4. The molecular weight excluding hydrogens is 192 g/mol. The molecule has 5 heteroatoms. The van der Waals surface area contributed by atoms with E-state index in [0.29, 0.717) is 5.56 Å². The van der Waals surface area contributed by atoms with Crippen LogP contribution in [0.3, 0.4) is 0 Å². The molecule has 0 radical (unpaired) electrons. The number of amides is 1. The fourth-order valence-corrected chi connectivity index (χ4v) is 0.770. The summed E-state index contributed by atoms with van der Waals surface area (Å²) in [5.74, 6) is -0.419. The van der Waals surface area contributed by atoms with E-state index in [4.69, 9.17) is 5.73 Å². The van der Waals surface area contributed by atoms with Crippen molar-refractivity contribution in [1.82, 2.24) is 15.0 Å². The van der Waals surface area contributed by atoms with Crippen LogP contribution in [0.15, 0.2) is 49.3 Å². The van der Waals surface area contributed by atoms with Gasteiger partial charge < -0.3 is 5.73 Å². The molecule has 0 bridgehead atoms. The van der Waals surface area contributed by atoms with Crippen molar-refractivity contribution in [2.45, 2.75) is 0 Å². The minimum Gasteiger partial charge on any atom is -0.366 e. The number of primary amides is 1. The number of nitrogens with two attached hydrogens (primary N) is 1. The van der Waals surface area contributed by atoms with Gasteiger partial charge in [-0.05, 0) is 12.1 Å². The lowest BCUT2D eigenvalue weighted by Crippen LogP contribution is -2.10. The molecule has 2 N–H and O–H groups in total. The average molecular weight is 202 g/mol. The van der Waals surface area contributed by atoms with E-state index in [9.17, 15) is 4.79 Å². The van der Waals surface area contributed by atoms with E-state index in [1.807, 2.05) is 0 Å². The van der Waals surface area contributed by atoms with Gasteiger partial charge >= 0.3 is 0 Å². The highest BCUT2D eigenvalue weighted by atomic mass is 16.1. The predicted octanol–water partition coefficient (Wildman–Crippen LogP) is 0.657. The van der Waals surface area contributed by atoms with Gasteiger partial charge in [0.15, 0.2) is 0 Å². The molecule has 5 nitrogen and oxygen atoms in total. The van der Waals surface area contributed by atoms with Crippen molar-refractivity contribution in [3.8, 4) is 0 Å². The quantitative estimate of drug-likeness (QED) is 0.736. The van der Waals surface area contributed by atoms with Crippen LogP contribution in [0.25, 0.3) is 0 Å². The summed E-state index contributed by atoms with van der Waals surface area (Å²) in [6.07, 6.45) is 9.61. The van der Waals surface area contributed by atoms with Gasteiger partial charge in [-0.2, -0.15) is 0 Å². The van der Waals surface area contributed by atoms with Gasteiger partial charge in [-0.15, -0.1) is 0 Å². The molecule has 2 aromatic heterocycles. The van der Waals surface area contributed by atoms with Gasteiger partial charge in [0.2, 0.25) is 5.91 Å². The Morgan fingerprint density at radius 1 is 0.867 bits per heavy atom. The third-order valence-corrected chi connectivity index (χ3v) is 1.44. The molecule has 15 heavy (non-hydrogen) atoms. The fraction of sp³-hybridized carbons (Fsp3) is 0. The highest BCUT2D eigenvalue weighted by molar-refractivity contribution is 5.92. The molecule has 1 amide bonds. The van der Waals surface area contributed by atoms with Gasteiger partial charge in [0, 0.05) is 42.7 Å². The van der Waals surface area contributed by atoms with E-state index in [0.717, 1.165) is 0 Å². The van der Waals surface area contributed by atoms with Crippen LogP contribution in [0.1, 0.15) is 10.4 Å². The standard InChI is InChI=1S/C6H6N2O.C4H4N2/c7-6(9)5-1-3-8-4-2-5;1-2-6-4-3-5-1/h1-4H,(H2,7,9);1-4H. The maximum Gasteiger partial charge on any atom is 0.248 e. The molecule has 0 atom stereocenters. The van der Waals surface area contributed by atoms with Gasteiger partial charge in [0.05, 0.1) is 0 Å². The number of pyridine rings is 1. The Balaban J connectivity index is 0.000000162. The summed E-state index contributed by atoms with van der Waals surface area (Å²) in [6, 6.07) is 3.14. The van der Waals surface area contributed by atoms with E-state index >= 15 is 0 Å². The van der Waals surface area contributed by atoms with Gasteiger partial charge in [-0.25, -0.2) is 0 Å². The summed E-state index contributed by atoms with van der Waals surface area (Å²) < 4.78 is 0. The van der Waals surface area contributed by atoms with Crippen LogP contribution in [0.4, 0.5) is 0 Å². The molecule has 2 heterocycles. The Kier molecular flexibility index (Phi) is 4.45. The second-order valence-electron chi connectivity index (χ2n) is 2.49. The lowest BCUT2D eigenvalue weighted by molar-refractivity contribution is 0.1000. The average Bonchev–Trinajstić information content (AvgIpc) is 2.33. The minimum absolute atomic E-state index is 0.419. The van der Waals surface area contributed by atoms with Crippen molar-refractivity contribution in [1.29, 1.82) is 0 Å². The summed E-state index contributed by atoms with van der Waals surface area (Å²) in [7, 11) is 0. The number of carbonyl (C=O) groups excluding carboxylic acids is 1. The van der Waals surface area contributed by atoms with Gasteiger partial charge in [0.25, 0.3) is 0 Å². The fourth-order valence-electron chi connectivity index (χ4n) is 0.770. The summed E-state index contributed by atoms with van der Waals surface area (Å²) in [5.41, 5.74) is 5.44. The second-order valence-corrected chi connectivity index (χ2v) is 2.49. The summed E-state index contributed by atoms with van der Waals surface area (Å²) in [6.45, 7) is 0. The van der Waals surface area contributed by atoms with E-state index in [1.54, 1.807) is 36.9 Å². The molecule has 0 fully saturated rings. The Bertz CT molecular complexity index is 364. The van der Waals surface area contributed by atoms with Crippen LogP contribution in [-0.2, 0) is 0 Å². The second kappa shape index (κ2) is 6.20. The Morgan fingerprint density at radius 3 is 1.53 bits per heavy atom. The van der Waals surface area contributed by atoms with Gasteiger partial charge in [-0.3, -0.25) is 19.7 Å². The number of carbonyl (C=O) groups is 1. The molecule has 0 aliphatic carbocycles. The third kappa shape index (κ3) is 4.47. The number of hydrogen-bond donors (Lipinski definition) is 1. The first-order valence-corrected chi connectivity index (χ1v) is 4.20. The maximum atomic E-state index is 10.4. The molecule has 0 saturated heterocycles. The smallest absolute Gasteiger partial charge is 0.248 e. The first kappa shape index (κ1) is 10.8. The molecule has 0 aliphatic heterocycles. The monoisotopic (exact) mass is 202 g/mol. The molecular formula is C10H10N4O. The highest BCUT2D eigenvalue weighted by Crippen LogP contribution is 1.91. The molecule has 76 valence electrons. The first-order chi connectivity index (χ1) is 7.30. The topological polar surface area (TPSA) is 81.8 Å². The lowest BCUT2D eigenvalue weighted by Gasteiger charge is -1.88. The van der Waals surface area contributed by atoms with Crippen molar-refractivity contribution in [3.05, 3.63) is 54.9 Å². The van der Waals surface area contributed by atoms with Crippen molar-refractivity contribution in [2.24, 2.45) is 5.73 Å². The van der Waals surface area contributed by atoms with Crippen molar-refractivity contribution in [3.63, 3.8) is 0 Å². The molecule has 2 rings (SSSR count). The van der Waals surface area contributed by atoms with Crippen LogP contribution in [0.5, 0.6) is 0 Å². The number of nitrogens with zero attached hydrogens (tertiary/aromatic N) is 3. The lowest BCUT2D eigenvalue weighted by atomic mass is 10.3. The Morgan fingerprint density at radius 2 is 1.27 bits per heavy atom. The van der Waals surface area contributed by atoms with Crippen LogP contribution in [0, 0.1) is 0 Å². The van der Waals surface area contributed by atoms with Crippen molar-refractivity contribution in [2.75, 3.05) is 0 Å². The Hall–Kier alpha value is -2.30. The predicted molar refractivity (Wildman–Crippen MR) is 54.8 cm³/mol.